The molecule has 0 aliphatic rings. The molecule has 22 heavy (non-hydrogen) atoms. The van der Waals surface area contributed by atoms with E-state index in [1.807, 2.05) is 6.92 Å². The molecule has 0 aliphatic heterocycles. The van der Waals surface area contributed by atoms with Crippen molar-refractivity contribution < 1.29 is 9.90 Å². The van der Waals surface area contributed by atoms with Crippen LogP contribution < -0.4 is 0 Å². The molecule has 1 rings (SSSR count). The predicted molar refractivity (Wildman–Crippen MR) is 93.8 cm³/mol. The van der Waals surface area contributed by atoms with Crippen LogP contribution in [0.4, 0.5) is 0 Å². The first kappa shape index (κ1) is 19.1. The number of hydrogen-bond acceptors (Lipinski definition) is 3. The second-order valence-corrected chi connectivity index (χ2v) is 7.94. The molecule has 0 radical (unpaired) electrons. The third kappa shape index (κ3) is 6.47. The number of carboxylic acids is 1. The van der Waals surface area contributed by atoms with Gasteiger partial charge in [-0.05, 0) is 13.3 Å². The van der Waals surface area contributed by atoms with Crippen LogP contribution >= 0.6 is 11.3 Å². The molecule has 4 heteroatoms. The SMILES string of the molecule is CCCCCCCCCC(C)(C)c1nc(C)c(CC(=O)O)s1. The zero-order valence-electron chi connectivity index (χ0n) is 14.6. The van der Waals surface area contributed by atoms with Crippen LogP contribution in [0.25, 0.3) is 0 Å². The number of carboxylic acid groups (broad SMARTS) is 1. The van der Waals surface area contributed by atoms with Gasteiger partial charge in [-0.25, -0.2) is 4.98 Å². The Bertz CT molecular complexity index is 466. The quantitative estimate of drug-likeness (QED) is 0.547. The fourth-order valence-corrected chi connectivity index (χ4v) is 3.83. The van der Waals surface area contributed by atoms with Crippen molar-refractivity contribution in [3.63, 3.8) is 0 Å². The lowest BCUT2D eigenvalue weighted by Gasteiger charge is -2.21. The highest BCUT2D eigenvalue weighted by Gasteiger charge is 2.25. The molecule has 1 heterocycles. The Morgan fingerprint density at radius 3 is 2.32 bits per heavy atom. The highest BCUT2D eigenvalue weighted by molar-refractivity contribution is 7.12. The molecule has 0 saturated carbocycles. The van der Waals surface area contributed by atoms with Crippen LogP contribution in [-0.2, 0) is 16.6 Å². The summed E-state index contributed by atoms with van der Waals surface area (Å²) in [4.78, 5) is 16.4. The molecule has 0 saturated heterocycles. The summed E-state index contributed by atoms with van der Waals surface area (Å²) in [5, 5.41) is 10.0. The minimum Gasteiger partial charge on any atom is -0.481 e. The van der Waals surface area contributed by atoms with Crippen LogP contribution in [0.15, 0.2) is 0 Å². The molecule has 0 bridgehead atoms. The monoisotopic (exact) mass is 325 g/mol. The average Bonchev–Trinajstić information content (AvgIpc) is 2.79. The van der Waals surface area contributed by atoms with Gasteiger partial charge in [0, 0.05) is 10.3 Å². The van der Waals surface area contributed by atoms with E-state index in [2.05, 4.69) is 25.8 Å². The summed E-state index contributed by atoms with van der Waals surface area (Å²) < 4.78 is 0. The number of aromatic nitrogens is 1. The Labute approximate surface area is 139 Å². The summed E-state index contributed by atoms with van der Waals surface area (Å²) in [6.45, 7) is 8.62. The first-order valence-corrected chi connectivity index (χ1v) is 9.37. The van der Waals surface area contributed by atoms with Gasteiger partial charge in [0.1, 0.15) is 0 Å². The maximum atomic E-state index is 10.9. The second kappa shape index (κ2) is 9.29. The summed E-state index contributed by atoms with van der Waals surface area (Å²) in [6, 6.07) is 0. The summed E-state index contributed by atoms with van der Waals surface area (Å²) in [5.74, 6) is -0.775. The van der Waals surface area contributed by atoms with Gasteiger partial charge in [-0.15, -0.1) is 11.3 Å². The number of nitrogens with zero attached hydrogens (tertiary/aromatic N) is 1. The van der Waals surface area contributed by atoms with Crippen LogP contribution in [0.2, 0.25) is 0 Å². The Kier molecular flexibility index (Phi) is 8.08. The summed E-state index contributed by atoms with van der Waals surface area (Å²) in [7, 11) is 0. The molecule has 0 fully saturated rings. The molecule has 1 aromatic rings. The van der Waals surface area contributed by atoms with Crippen molar-refractivity contribution in [2.24, 2.45) is 0 Å². The topological polar surface area (TPSA) is 50.2 Å². The maximum Gasteiger partial charge on any atom is 0.308 e. The zero-order chi connectivity index (χ0) is 16.6. The molecule has 0 aromatic carbocycles. The van der Waals surface area contributed by atoms with Crippen LogP contribution in [-0.4, -0.2) is 16.1 Å². The largest absolute Gasteiger partial charge is 0.481 e. The third-order valence-electron chi connectivity index (χ3n) is 4.19. The number of hydrogen-bond donors (Lipinski definition) is 1. The van der Waals surface area contributed by atoms with Gasteiger partial charge in [0.2, 0.25) is 0 Å². The van der Waals surface area contributed by atoms with Gasteiger partial charge in [0.15, 0.2) is 0 Å². The van der Waals surface area contributed by atoms with Crippen molar-refractivity contribution in [2.75, 3.05) is 0 Å². The van der Waals surface area contributed by atoms with E-state index in [0.717, 1.165) is 22.0 Å². The van der Waals surface area contributed by atoms with Gasteiger partial charge in [-0.1, -0.05) is 65.7 Å². The molecular weight excluding hydrogens is 294 g/mol. The summed E-state index contributed by atoms with van der Waals surface area (Å²) in [6.07, 6.45) is 10.4. The molecule has 3 nitrogen and oxygen atoms in total. The van der Waals surface area contributed by atoms with Gasteiger partial charge in [0.25, 0.3) is 0 Å². The highest BCUT2D eigenvalue weighted by Crippen LogP contribution is 2.34. The number of aliphatic carboxylic acids is 1. The zero-order valence-corrected chi connectivity index (χ0v) is 15.4. The van der Waals surface area contributed by atoms with Crippen LogP contribution in [0, 0.1) is 6.92 Å². The van der Waals surface area contributed by atoms with Crippen molar-refractivity contribution in [1.29, 1.82) is 0 Å². The highest BCUT2D eigenvalue weighted by atomic mass is 32.1. The third-order valence-corrected chi connectivity index (χ3v) is 5.71. The maximum absolute atomic E-state index is 10.9. The second-order valence-electron chi connectivity index (χ2n) is 6.85. The first-order valence-electron chi connectivity index (χ1n) is 8.55. The van der Waals surface area contributed by atoms with Crippen molar-refractivity contribution in [1.82, 2.24) is 4.98 Å². The van der Waals surface area contributed by atoms with Crippen LogP contribution in [0.1, 0.15) is 87.7 Å². The molecule has 0 atom stereocenters. The Hall–Kier alpha value is -0.900. The minimum atomic E-state index is -0.775. The van der Waals surface area contributed by atoms with E-state index in [-0.39, 0.29) is 11.8 Å². The van der Waals surface area contributed by atoms with Gasteiger partial charge in [-0.2, -0.15) is 0 Å². The fourth-order valence-electron chi connectivity index (χ4n) is 2.65. The van der Waals surface area contributed by atoms with Crippen molar-refractivity contribution in [3.05, 3.63) is 15.6 Å². The molecule has 0 aliphatic carbocycles. The molecule has 126 valence electrons. The lowest BCUT2D eigenvalue weighted by atomic mass is 9.87. The van der Waals surface area contributed by atoms with E-state index in [4.69, 9.17) is 5.11 Å². The van der Waals surface area contributed by atoms with Crippen LogP contribution in [0.5, 0.6) is 0 Å². The molecule has 0 unspecified atom stereocenters. The average molecular weight is 326 g/mol. The first-order chi connectivity index (χ1) is 10.4. The van der Waals surface area contributed by atoms with Gasteiger partial charge >= 0.3 is 5.97 Å². The van der Waals surface area contributed by atoms with E-state index in [0.29, 0.717) is 0 Å². The molecule has 1 aromatic heterocycles. The lowest BCUT2D eigenvalue weighted by molar-refractivity contribution is -0.136. The molecule has 1 N–H and O–H groups in total. The van der Waals surface area contributed by atoms with Gasteiger partial charge < -0.3 is 5.11 Å². The molecular formula is C18H31NO2S. The van der Waals surface area contributed by atoms with Gasteiger partial charge in [0.05, 0.1) is 17.1 Å². The normalized spacial score (nSPS) is 11.8. The van der Waals surface area contributed by atoms with E-state index in [9.17, 15) is 4.79 Å². The Balaban J connectivity index is 2.43. The smallest absolute Gasteiger partial charge is 0.308 e. The summed E-state index contributed by atoms with van der Waals surface area (Å²) >= 11 is 1.58. The Morgan fingerprint density at radius 1 is 1.14 bits per heavy atom. The summed E-state index contributed by atoms with van der Waals surface area (Å²) in [5.41, 5.74) is 0.935. The van der Waals surface area contributed by atoms with Crippen molar-refractivity contribution in [2.45, 2.75) is 90.9 Å². The molecule has 0 amide bonds. The number of thiazole rings is 1. The minimum absolute atomic E-state index is 0.0512. The van der Waals surface area contributed by atoms with E-state index >= 15 is 0 Å². The van der Waals surface area contributed by atoms with Crippen molar-refractivity contribution >= 4 is 17.3 Å². The fraction of sp³-hybridized carbons (Fsp3) is 0.778. The predicted octanol–water partition coefficient (Wildman–Crippen LogP) is 5.50. The number of rotatable bonds is 11. The number of aryl methyl sites for hydroxylation is 1. The van der Waals surface area contributed by atoms with Crippen LogP contribution in [0.3, 0.4) is 0 Å². The Morgan fingerprint density at radius 2 is 1.73 bits per heavy atom. The van der Waals surface area contributed by atoms with E-state index < -0.39 is 5.97 Å². The van der Waals surface area contributed by atoms with Crippen molar-refractivity contribution in [3.8, 4) is 0 Å². The standard InChI is InChI=1S/C18H31NO2S/c1-5-6-7-8-9-10-11-12-18(3,4)17-19-14(2)15(22-17)13-16(20)21/h5-13H2,1-4H3,(H,20,21). The van der Waals surface area contributed by atoms with E-state index in [1.54, 1.807) is 11.3 Å². The number of unbranched alkanes of at least 4 members (excludes halogenated alkanes) is 6. The van der Waals surface area contributed by atoms with Gasteiger partial charge in [-0.3, -0.25) is 4.79 Å². The lowest BCUT2D eigenvalue weighted by Crippen LogP contribution is -2.16. The molecule has 0 spiro atoms. The van der Waals surface area contributed by atoms with E-state index in [1.165, 1.54) is 44.9 Å². The number of carbonyl (C=O) groups is 1.